The van der Waals surface area contributed by atoms with Gasteiger partial charge in [-0.05, 0) is 12.8 Å². The molecule has 0 aromatic rings. The quantitative estimate of drug-likeness (QED) is 0.332. The highest BCUT2D eigenvalue weighted by atomic mass is 16.7. The molecule has 2 heterocycles. The van der Waals surface area contributed by atoms with Crippen LogP contribution in [0, 0.1) is 0 Å². The van der Waals surface area contributed by atoms with Gasteiger partial charge in [-0.1, -0.05) is 39.5 Å². The molecule has 2 saturated heterocycles. The highest BCUT2D eigenvalue weighted by Gasteiger charge is 2.59. The molecule has 0 radical (unpaired) electrons. The largest absolute Gasteiger partial charge is 0.462 e. The van der Waals surface area contributed by atoms with E-state index in [-0.39, 0.29) is 31.6 Å². The van der Waals surface area contributed by atoms with Crippen molar-refractivity contribution in [3.8, 4) is 0 Å². The summed E-state index contributed by atoms with van der Waals surface area (Å²) in [5.74, 6) is -1.09. The van der Waals surface area contributed by atoms with Crippen LogP contribution in [0.4, 0.5) is 0 Å². The van der Waals surface area contributed by atoms with Gasteiger partial charge in [0.25, 0.3) is 0 Å². The molecule has 7 heteroatoms. The van der Waals surface area contributed by atoms with Crippen LogP contribution in [0.3, 0.4) is 0 Å². The van der Waals surface area contributed by atoms with Crippen molar-refractivity contribution < 1.29 is 33.3 Å². The minimum absolute atomic E-state index is 0.00376. The lowest BCUT2D eigenvalue weighted by atomic mass is 9.94. The van der Waals surface area contributed by atoms with Crippen molar-refractivity contribution in [2.24, 2.45) is 0 Å². The number of esters is 3. The number of rotatable bonds is 10. The normalized spacial score (nSPS) is 27.5. The van der Waals surface area contributed by atoms with Crippen LogP contribution in [0.1, 0.15) is 71.6 Å². The summed E-state index contributed by atoms with van der Waals surface area (Å²) in [4.78, 5) is 35.9. The average molecular weight is 370 g/mol. The topological polar surface area (TPSA) is 88.1 Å². The molecule has 2 aliphatic heterocycles. The number of carbonyl (C=O) groups is 3. The molecule has 2 rings (SSSR count). The number of cyclic esters (lactones) is 1. The first-order valence-electron chi connectivity index (χ1n) is 9.69. The molecule has 0 bridgehead atoms. The minimum Gasteiger partial charge on any atom is -0.462 e. The first kappa shape index (κ1) is 20.7. The van der Waals surface area contributed by atoms with E-state index in [0.29, 0.717) is 12.8 Å². The standard InChI is InChI=1S/C19H30O7/c1-3-5-7-9-15(20)25-14-12-24-19(11-17(22)23-13-19)18(14)26-16(21)10-8-6-4-2/h14,18H,3-13H2,1-2H3/t14-,18+,19-/m1/s1. The van der Waals surface area contributed by atoms with E-state index >= 15 is 0 Å². The van der Waals surface area contributed by atoms with Crippen LogP contribution >= 0.6 is 0 Å². The van der Waals surface area contributed by atoms with Gasteiger partial charge >= 0.3 is 17.9 Å². The van der Waals surface area contributed by atoms with E-state index in [0.717, 1.165) is 38.5 Å². The van der Waals surface area contributed by atoms with Crippen LogP contribution in [-0.4, -0.2) is 48.9 Å². The van der Waals surface area contributed by atoms with Crippen molar-refractivity contribution in [2.45, 2.75) is 89.4 Å². The summed E-state index contributed by atoms with van der Waals surface area (Å²) >= 11 is 0. The molecular formula is C19H30O7. The lowest BCUT2D eigenvalue weighted by molar-refractivity contribution is -0.171. The Kier molecular flexibility index (Phi) is 7.87. The molecule has 0 aromatic carbocycles. The number of ether oxygens (including phenoxy) is 4. The Morgan fingerprint density at radius 2 is 1.65 bits per heavy atom. The summed E-state index contributed by atoms with van der Waals surface area (Å²) in [5, 5.41) is 0. The van der Waals surface area contributed by atoms with Gasteiger partial charge in [0, 0.05) is 12.8 Å². The maximum atomic E-state index is 12.2. The summed E-state index contributed by atoms with van der Waals surface area (Å²) in [6.07, 6.45) is 4.54. The Balaban J connectivity index is 1.98. The molecule has 0 N–H and O–H groups in total. The van der Waals surface area contributed by atoms with Gasteiger partial charge in [-0.15, -0.1) is 0 Å². The van der Waals surface area contributed by atoms with E-state index in [1.54, 1.807) is 0 Å². The predicted molar refractivity (Wildman–Crippen MR) is 92.3 cm³/mol. The van der Waals surface area contributed by atoms with Gasteiger partial charge in [-0.25, -0.2) is 0 Å². The molecule has 7 nitrogen and oxygen atoms in total. The maximum Gasteiger partial charge on any atom is 0.309 e. The summed E-state index contributed by atoms with van der Waals surface area (Å²) in [6.45, 7) is 4.23. The highest BCUT2D eigenvalue weighted by molar-refractivity contribution is 5.74. The second-order valence-electron chi connectivity index (χ2n) is 7.07. The van der Waals surface area contributed by atoms with E-state index in [9.17, 15) is 14.4 Å². The zero-order chi connectivity index (χ0) is 19.0. The van der Waals surface area contributed by atoms with Crippen LogP contribution in [0.5, 0.6) is 0 Å². The van der Waals surface area contributed by atoms with Crippen molar-refractivity contribution >= 4 is 17.9 Å². The summed E-state index contributed by atoms with van der Waals surface area (Å²) < 4.78 is 21.9. The monoisotopic (exact) mass is 370 g/mol. The second kappa shape index (κ2) is 9.90. The molecule has 0 aliphatic carbocycles. The third-order valence-electron chi connectivity index (χ3n) is 4.82. The Hall–Kier alpha value is -1.63. The van der Waals surface area contributed by atoms with Crippen molar-refractivity contribution in [3.05, 3.63) is 0 Å². The van der Waals surface area contributed by atoms with Crippen LogP contribution < -0.4 is 0 Å². The fraction of sp³-hybridized carbons (Fsp3) is 0.842. The minimum atomic E-state index is -1.04. The summed E-state index contributed by atoms with van der Waals surface area (Å²) in [6, 6.07) is 0. The van der Waals surface area contributed by atoms with Crippen molar-refractivity contribution in [1.82, 2.24) is 0 Å². The number of carbonyl (C=O) groups excluding carboxylic acids is 3. The van der Waals surface area contributed by atoms with Crippen molar-refractivity contribution in [1.29, 1.82) is 0 Å². The smallest absolute Gasteiger partial charge is 0.309 e. The fourth-order valence-corrected chi connectivity index (χ4v) is 3.33. The first-order chi connectivity index (χ1) is 12.5. The highest BCUT2D eigenvalue weighted by Crippen LogP contribution is 2.38. The SMILES string of the molecule is CCCCCC(=O)O[C@@H]1CO[C@]2(COC(=O)C2)[C@H]1OC(=O)CCCCC. The molecule has 0 aromatic heterocycles. The first-order valence-corrected chi connectivity index (χ1v) is 9.69. The van der Waals surface area contributed by atoms with Crippen LogP contribution in [-0.2, 0) is 33.3 Å². The molecule has 0 unspecified atom stereocenters. The van der Waals surface area contributed by atoms with Crippen molar-refractivity contribution in [3.63, 3.8) is 0 Å². The van der Waals surface area contributed by atoms with Crippen LogP contribution in [0.25, 0.3) is 0 Å². The second-order valence-corrected chi connectivity index (χ2v) is 7.07. The van der Waals surface area contributed by atoms with Crippen LogP contribution in [0.2, 0.25) is 0 Å². The molecule has 2 aliphatic rings. The van der Waals surface area contributed by atoms with Crippen LogP contribution in [0.15, 0.2) is 0 Å². The Bertz CT molecular complexity index is 504. The van der Waals surface area contributed by atoms with E-state index in [2.05, 4.69) is 13.8 Å². The van der Waals surface area contributed by atoms with E-state index < -0.39 is 23.8 Å². The van der Waals surface area contributed by atoms with E-state index in [1.165, 1.54) is 0 Å². The Morgan fingerprint density at radius 3 is 2.19 bits per heavy atom. The lowest BCUT2D eigenvalue weighted by Gasteiger charge is -2.28. The molecule has 0 saturated carbocycles. The number of hydrogen-bond donors (Lipinski definition) is 0. The van der Waals surface area contributed by atoms with Gasteiger partial charge in [0.15, 0.2) is 17.8 Å². The average Bonchev–Trinajstić information content (AvgIpc) is 3.13. The van der Waals surface area contributed by atoms with Gasteiger partial charge in [0.05, 0.1) is 13.0 Å². The summed E-state index contributed by atoms with van der Waals surface area (Å²) in [5.41, 5.74) is -1.04. The van der Waals surface area contributed by atoms with Gasteiger partial charge in [-0.3, -0.25) is 14.4 Å². The Morgan fingerprint density at radius 1 is 1.04 bits per heavy atom. The molecule has 0 amide bonds. The summed E-state index contributed by atoms with van der Waals surface area (Å²) in [7, 11) is 0. The van der Waals surface area contributed by atoms with Gasteiger partial charge in [0.2, 0.25) is 0 Å². The Labute approximate surface area is 154 Å². The maximum absolute atomic E-state index is 12.2. The molecular weight excluding hydrogens is 340 g/mol. The molecule has 1 spiro atoms. The zero-order valence-electron chi connectivity index (χ0n) is 15.8. The van der Waals surface area contributed by atoms with Gasteiger partial charge in [0.1, 0.15) is 6.61 Å². The molecule has 148 valence electrons. The number of unbranched alkanes of at least 4 members (excludes halogenated alkanes) is 4. The molecule has 3 atom stereocenters. The fourth-order valence-electron chi connectivity index (χ4n) is 3.33. The zero-order valence-corrected chi connectivity index (χ0v) is 15.8. The molecule has 2 fully saturated rings. The van der Waals surface area contributed by atoms with E-state index in [4.69, 9.17) is 18.9 Å². The van der Waals surface area contributed by atoms with Gasteiger partial charge in [-0.2, -0.15) is 0 Å². The van der Waals surface area contributed by atoms with E-state index in [1.807, 2.05) is 0 Å². The van der Waals surface area contributed by atoms with Crippen molar-refractivity contribution in [2.75, 3.05) is 13.2 Å². The predicted octanol–water partition coefficient (Wildman–Crippen LogP) is 2.69. The molecule has 26 heavy (non-hydrogen) atoms. The lowest BCUT2D eigenvalue weighted by Crippen LogP contribution is -2.48. The van der Waals surface area contributed by atoms with Gasteiger partial charge < -0.3 is 18.9 Å². The third-order valence-corrected chi connectivity index (χ3v) is 4.82. The third kappa shape index (κ3) is 5.43. The number of hydrogen-bond acceptors (Lipinski definition) is 7.